The number of pyridine rings is 1. The van der Waals surface area contributed by atoms with Gasteiger partial charge in [-0.2, -0.15) is 17.7 Å². The Labute approximate surface area is 147 Å². The van der Waals surface area contributed by atoms with E-state index in [-0.39, 0.29) is 16.0 Å². The molecule has 2 N–H and O–H groups in total. The van der Waals surface area contributed by atoms with Crippen molar-refractivity contribution >= 4 is 5.69 Å². The van der Waals surface area contributed by atoms with Crippen LogP contribution in [0.2, 0.25) is 0 Å². The van der Waals surface area contributed by atoms with Gasteiger partial charge in [-0.15, -0.1) is 0 Å². The number of alkyl halides is 3. The van der Waals surface area contributed by atoms with Gasteiger partial charge in [-0.05, 0) is 12.1 Å². The van der Waals surface area contributed by atoms with Gasteiger partial charge in [0.2, 0.25) is 5.75 Å². The van der Waals surface area contributed by atoms with E-state index in [1.54, 1.807) is 0 Å². The van der Waals surface area contributed by atoms with E-state index in [1.807, 2.05) is 0 Å². The van der Waals surface area contributed by atoms with Crippen LogP contribution in [-0.2, 0) is 6.18 Å². The van der Waals surface area contributed by atoms with Gasteiger partial charge in [-0.25, -0.2) is 9.71 Å². The lowest BCUT2D eigenvalue weighted by molar-refractivity contribution is -0.599. The fraction of sp³-hybridized carbons (Fsp3) is 0.0667. The molecule has 0 spiro atoms. The van der Waals surface area contributed by atoms with E-state index in [2.05, 4.69) is 4.98 Å². The minimum atomic E-state index is -4.70. The molecule has 12 heteroatoms. The summed E-state index contributed by atoms with van der Waals surface area (Å²) >= 11 is 0. The Hall–Kier alpha value is -3.83. The number of nitrogens with zero attached hydrogens (tertiary/aromatic N) is 4. The summed E-state index contributed by atoms with van der Waals surface area (Å²) in [4.78, 5) is 13.8. The van der Waals surface area contributed by atoms with Crippen molar-refractivity contribution in [1.82, 2.24) is 9.55 Å². The first-order valence-corrected chi connectivity index (χ1v) is 7.13. The number of halogens is 3. The maximum atomic E-state index is 12.9. The molecule has 0 fully saturated rings. The Morgan fingerprint density at radius 1 is 1.22 bits per heavy atom. The third-order valence-corrected chi connectivity index (χ3v) is 3.67. The van der Waals surface area contributed by atoms with Crippen LogP contribution in [0.1, 0.15) is 5.56 Å². The van der Waals surface area contributed by atoms with Gasteiger partial charge < -0.3 is 15.4 Å². The SMILES string of the molecule is O=[N+]([O-])c1cc(-c2cncn2-c2cc(C(F)(F)F)cc[n+]2[O-])cc(O)c1O. The third-order valence-electron chi connectivity index (χ3n) is 3.67. The predicted octanol–water partition coefficient (Wildman–Crippen LogP) is 2.51. The molecule has 2 heterocycles. The number of phenols is 2. The second kappa shape index (κ2) is 6.16. The molecule has 3 rings (SSSR count). The van der Waals surface area contributed by atoms with Crippen LogP contribution >= 0.6 is 0 Å². The summed E-state index contributed by atoms with van der Waals surface area (Å²) in [5.74, 6) is -2.24. The van der Waals surface area contributed by atoms with Crippen LogP contribution in [0.15, 0.2) is 43.0 Å². The summed E-state index contributed by atoms with van der Waals surface area (Å²) < 4.78 is 39.9. The van der Waals surface area contributed by atoms with Gasteiger partial charge in [-0.1, -0.05) is 0 Å². The summed E-state index contributed by atoms with van der Waals surface area (Å²) in [5, 5.41) is 42.2. The molecule has 1 aromatic carbocycles. The number of benzene rings is 1. The Bertz CT molecular complexity index is 1050. The molecule has 0 unspecified atom stereocenters. The van der Waals surface area contributed by atoms with Gasteiger partial charge in [0.1, 0.15) is 0 Å². The van der Waals surface area contributed by atoms with Crippen LogP contribution in [0.25, 0.3) is 17.1 Å². The van der Waals surface area contributed by atoms with Gasteiger partial charge in [0.25, 0.3) is 5.82 Å². The first-order valence-electron chi connectivity index (χ1n) is 7.13. The number of aromatic hydroxyl groups is 2. The number of hydrogen-bond donors (Lipinski definition) is 2. The van der Waals surface area contributed by atoms with Gasteiger partial charge in [0, 0.05) is 17.7 Å². The molecule has 0 radical (unpaired) electrons. The Morgan fingerprint density at radius 2 is 1.93 bits per heavy atom. The topological polar surface area (TPSA) is 128 Å². The van der Waals surface area contributed by atoms with E-state index in [1.165, 1.54) is 0 Å². The van der Waals surface area contributed by atoms with Crippen molar-refractivity contribution < 1.29 is 33.0 Å². The van der Waals surface area contributed by atoms with Crippen molar-refractivity contribution in [3.63, 3.8) is 0 Å². The highest BCUT2D eigenvalue weighted by molar-refractivity contribution is 5.71. The summed E-state index contributed by atoms with van der Waals surface area (Å²) in [6, 6.07) is 3.04. The first kappa shape index (κ1) is 18.0. The lowest BCUT2D eigenvalue weighted by Gasteiger charge is -2.12. The first-order chi connectivity index (χ1) is 12.6. The lowest BCUT2D eigenvalue weighted by Crippen LogP contribution is -2.32. The number of rotatable bonds is 3. The van der Waals surface area contributed by atoms with Crippen LogP contribution < -0.4 is 4.73 Å². The van der Waals surface area contributed by atoms with Crippen molar-refractivity contribution in [3.05, 3.63) is 63.9 Å². The molecule has 140 valence electrons. The highest BCUT2D eigenvalue weighted by Gasteiger charge is 2.33. The number of nitro benzene ring substituents is 1. The normalized spacial score (nSPS) is 11.5. The summed E-state index contributed by atoms with van der Waals surface area (Å²) in [5.41, 5.74) is -1.97. The molecule has 0 saturated heterocycles. The van der Waals surface area contributed by atoms with Crippen molar-refractivity contribution in [1.29, 1.82) is 0 Å². The fourth-order valence-corrected chi connectivity index (χ4v) is 2.41. The maximum absolute atomic E-state index is 12.9. The highest BCUT2D eigenvalue weighted by Crippen LogP contribution is 2.39. The molecule has 0 saturated carbocycles. The minimum Gasteiger partial charge on any atom is -0.711 e. The molecular weight excluding hydrogens is 373 g/mol. The van der Waals surface area contributed by atoms with E-state index in [9.17, 15) is 38.7 Å². The van der Waals surface area contributed by atoms with E-state index in [0.717, 1.165) is 29.2 Å². The smallest absolute Gasteiger partial charge is 0.416 e. The van der Waals surface area contributed by atoms with Crippen molar-refractivity contribution in [3.8, 4) is 28.6 Å². The zero-order chi connectivity index (χ0) is 19.9. The zero-order valence-corrected chi connectivity index (χ0v) is 13.1. The fourth-order valence-electron chi connectivity index (χ4n) is 2.41. The average Bonchev–Trinajstić information content (AvgIpc) is 3.05. The summed E-state index contributed by atoms with van der Waals surface area (Å²) in [7, 11) is 0. The van der Waals surface area contributed by atoms with Crippen molar-refractivity contribution in [2.45, 2.75) is 6.18 Å². The molecule has 3 aromatic rings. The van der Waals surface area contributed by atoms with Crippen molar-refractivity contribution in [2.75, 3.05) is 0 Å². The van der Waals surface area contributed by atoms with Gasteiger partial charge in [0.15, 0.2) is 17.8 Å². The second-order valence-corrected chi connectivity index (χ2v) is 5.37. The van der Waals surface area contributed by atoms with Crippen LogP contribution in [0.4, 0.5) is 18.9 Å². The number of imidazole rings is 1. The van der Waals surface area contributed by atoms with Crippen LogP contribution in [-0.4, -0.2) is 24.7 Å². The molecule has 27 heavy (non-hydrogen) atoms. The quantitative estimate of drug-likeness (QED) is 0.235. The standard InChI is InChI=1S/C15H9F3N4O5/c16-15(17,18)9-1-2-21(25)13(5-9)20-7-19-6-11(20)8-3-10(22(26)27)14(24)12(23)4-8/h1-7,23-24H. The summed E-state index contributed by atoms with van der Waals surface area (Å²) in [6.07, 6.45) is -1.86. The van der Waals surface area contributed by atoms with E-state index >= 15 is 0 Å². The molecule has 0 aliphatic rings. The van der Waals surface area contributed by atoms with E-state index in [4.69, 9.17) is 0 Å². The molecule has 0 aliphatic carbocycles. The molecule has 2 aromatic heterocycles. The number of aromatic nitrogens is 3. The molecule has 0 amide bonds. The number of hydrogen-bond acceptors (Lipinski definition) is 6. The highest BCUT2D eigenvalue weighted by atomic mass is 19.4. The van der Waals surface area contributed by atoms with Crippen LogP contribution in [0.5, 0.6) is 11.5 Å². The van der Waals surface area contributed by atoms with E-state index in [0.29, 0.717) is 18.3 Å². The van der Waals surface area contributed by atoms with E-state index < -0.39 is 39.7 Å². The third kappa shape index (κ3) is 3.19. The van der Waals surface area contributed by atoms with Crippen LogP contribution in [0, 0.1) is 15.3 Å². The van der Waals surface area contributed by atoms with Gasteiger partial charge in [-0.3, -0.25) is 10.1 Å². The van der Waals surface area contributed by atoms with Crippen LogP contribution in [0.3, 0.4) is 0 Å². The average molecular weight is 382 g/mol. The Kier molecular flexibility index (Phi) is 4.10. The summed E-state index contributed by atoms with van der Waals surface area (Å²) in [6.45, 7) is 0. The van der Waals surface area contributed by atoms with Gasteiger partial charge >= 0.3 is 11.9 Å². The van der Waals surface area contributed by atoms with Gasteiger partial charge in [0.05, 0.1) is 22.9 Å². The molecular formula is C15H9F3N4O5. The van der Waals surface area contributed by atoms with Crippen molar-refractivity contribution in [2.24, 2.45) is 0 Å². The molecule has 0 bridgehead atoms. The largest absolute Gasteiger partial charge is 0.711 e. The molecule has 9 nitrogen and oxygen atoms in total. The minimum absolute atomic E-state index is 0.0164. The number of nitro groups is 1. The Morgan fingerprint density at radius 3 is 2.56 bits per heavy atom. The second-order valence-electron chi connectivity index (χ2n) is 5.37. The molecule has 0 aliphatic heterocycles. The predicted molar refractivity (Wildman–Crippen MR) is 82.9 cm³/mol. The monoisotopic (exact) mass is 382 g/mol. The lowest BCUT2D eigenvalue weighted by atomic mass is 10.1. The number of phenolic OH excluding ortho intramolecular Hbond substituents is 2. The maximum Gasteiger partial charge on any atom is 0.416 e. The zero-order valence-electron chi connectivity index (χ0n) is 13.1. The Balaban J connectivity index is 2.21. The molecule has 0 atom stereocenters.